The number of H-pyrrole nitrogens is 1. The van der Waals surface area contributed by atoms with E-state index in [0.717, 1.165) is 50.7 Å². The van der Waals surface area contributed by atoms with Crippen molar-refractivity contribution in [2.45, 2.75) is 71.8 Å². The lowest BCUT2D eigenvalue weighted by Crippen LogP contribution is -2.28. The fourth-order valence-corrected chi connectivity index (χ4v) is 7.22. The second-order valence-corrected chi connectivity index (χ2v) is 11.8. The molecule has 174 valence electrons. The summed E-state index contributed by atoms with van der Waals surface area (Å²) in [4.78, 5) is 3.76. The second-order valence-electron chi connectivity index (χ2n) is 11.8. The Morgan fingerprint density at radius 1 is 1.12 bits per heavy atom. The molecular weight excluding hydrogens is 410 g/mol. The first kappa shape index (κ1) is 20.9. The van der Waals surface area contributed by atoms with Gasteiger partial charge in [-0.3, -0.25) is 0 Å². The van der Waals surface area contributed by atoms with Gasteiger partial charge in [0.1, 0.15) is 11.4 Å². The molecule has 4 heteroatoms. The van der Waals surface area contributed by atoms with Gasteiger partial charge in [-0.05, 0) is 87.1 Å². The Bertz CT molecular complexity index is 1360. The van der Waals surface area contributed by atoms with Crippen molar-refractivity contribution in [3.63, 3.8) is 0 Å². The van der Waals surface area contributed by atoms with Crippen LogP contribution >= 0.6 is 0 Å². The molecule has 4 nitrogen and oxygen atoms in total. The van der Waals surface area contributed by atoms with E-state index >= 15 is 0 Å². The predicted molar refractivity (Wildman–Crippen MR) is 134 cm³/mol. The molecular formula is C29H35NO3. The number of nitrogens with one attached hydrogen (secondary N) is 1. The zero-order chi connectivity index (χ0) is 23.5. The Morgan fingerprint density at radius 3 is 2.48 bits per heavy atom. The Kier molecular flexibility index (Phi) is 3.99. The van der Waals surface area contributed by atoms with E-state index < -0.39 is 0 Å². The third kappa shape index (κ3) is 2.58. The quantitative estimate of drug-likeness (QED) is 0.447. The van der Waals surface area contributed by atoms with Crippen LogP contribution in [0.15, 0.2) is 18.2 Å². The van der Waals surface area contributed by atoms with Gasteiger partial charge in [0, 0.05) is 27.3 Å². The highest BCUT2D eigenvalue weighted by Gasteiger charge is 2.68. The number of phenols is 1. The van der Waals surface area contributed by atoms with Gasteiger partial charge in [-0.2, -0.15) is 0 Å². The molecule has 0 bridgehead atoms. The summed E-state index contributed by atoms with van der Waals surface area (Å²) in [6.07, 6.45) is 7.87. The first-order chi connectivity index (χ1) is 15.5. The van der Waals surface area contributed by atoms with Gasteiger partial charge >= 0.3 is 0 Å². The van der Waals surface area contributed by atoms with Gasteiger partial charge < -0.3 is 19.6 Å². The molecule has 3 aliphatic rings. The van der Waals surface area contributed by atoms with Crippen molar-refractivity contribution in [2.24, 2.45) is 17.3 Å². The molecule has 2 aromatic carbocycles. The molecule has 0 spiro atoms. The first-order valence-corrected chi connectivity index (χ1v) is 12.3. The lowest BCUT2D eigenvalue weighted by Gasteiger charge is -2.29. The van der Waals surface area contributed by atoms with Crippen molar-refractivity contribution in [2.75, 3.05) is 7.11 Å². The van der Waals surface area contributed by atoms with Crippen LogP contribution in [0.1, 0.15) is 70.6 Å². The molecule has 2 saturated carbocycles. The maximum Gasteiger partial charge on any atom is 0.163 e. The lowest BCUT2D eigenvalue weighted by atomic mass is 9.76. The highest BCUT2D eigenvalue weighted by Crippen LogP contribution is 2.75. The van der Waals surface area contributed by atoms with Crippen LogP contribution in [0.25, 0.3) is 27.9 Å². The first-order valence-electron chi connectivity index (χ1n) is 12.3. The monoisotopic (exact) mass is 445 g/mol. The standard InChI is InChI=1S/C29H35NO3/c1-15(2)29-11-10-28(6,21(29)14-29)22-24-19(13-20(32-7)25(22)31)18-12-16(3)26-17(23(18)30-24)8-9-27(4,5)33-26/h8-9,12-13,15,21,30-31H,10-11,14H2,1-7H3/t21-,28-,29-/m0/s1. The molecule has 0 radical (unpaired) electrons. The summed E-state index contributed by atoms with van der Waals surface area (Å²) in [6, 6.07) is 4.21. The number of benzene rings is 2. The normalized spacial score (nSPS) is 29.4. The largest absolute Gasteiger partial charge is 0.504 e. The van der Waals surface area contributed by atoms with Gasteiger partial charge in [0.25, 0.3) is 0 Å². The van der Waals surface area contributed by atoms with Gasteiger partial charge in [0.2, 0.25) is 0 Å². The van der Waals surface area contributed by atoms with Crippen LogP contribution in [-0.2, 0) is 5.41 Å². The smallest absolute Gasteiger partial charge is 0.163 e. The number of phenolic OH excluding ortho intramolecular Hbond substituents is 1. The van der Waals surface area contributed by atoms with Gasteiger partial charge in [-0.1, -0.05) is 20.8 Å². The summed E-state index contributed by atoms with van der Waals surface area (Å²) in [5.41, 5.74) is 5.37. The minimum Gasteiger partial charge on any atom is -0.504 e. The van der Waals surface area contributed by atoms with Crippen molar-refractivity contribution in [3.8, 4) is 17.2 Å². The minimum atomic E-state index is -0.326. The molecule has 1 aromatic heterocycles. The van der Waals surface area contributed by atoms with Gasteiger partial charge in [0.05, 0.1) is 18.1 Å². The van der Waals surface area contributed by atoms with Crippen LogP contribution in [0.3, 0.4) is 0 Å². The fraction of sp³-hybridized carbons (Fsp3) is 0.517. The minimum absolute atomic E-state index is 0.0779. The zero-order valence-corrected chi connectivity index (χ0v) is 20.8. The second kappa shape index (κ2) is 6.28. The van der Waals surface area contributed by atoms with E-state index in [1.807, 2.05) is 6.07 Å². The van der Waals surface area contributed by atoms with E-state index in [1.165, 1.54) is 12.8 Å². The topological polar surface area (TPSA) is 54.5 Å². The number of aryl methyl sites for hydroxylation is 1. The number of aromatic hydroxyl groups is 1. The highest BCUT2D eigenvalue weighted by atomic mass is 16.5. The number of rotatable bonds is 3. The third-order valence-electron chi connectivity index (χ3n) is 9.26. The number of methoxy groups -OCH3 is 1. The Morgan fingerprint density at radius 2 is 1.85 bits per heavy atom. The molecule has 3 atom stereocenters. The summed E-state index contributed by atoms with van der Waals surface area (Å²) in [7, 11) is 1.65. The number of hydrogen-bond acceptors (Lipinski definition) is 3. The van der Waals surface area contributed by atoms with Crippen molar-refractivity contribution in [1.29, 1.82) is 0 Å². The highest BCUT2D eigenvalue weighted by molar-refractivity contribution is 6.13. The molecule has 3 aromatic rings. The van der Waals surface area contributed by atoms with Crippen molar-refractivity contribution in [1.82, 2.24) is 4.98 Å². The summed E-state index contributed by atoms with van der Waals surface area (Å²) < 4.78 is 12.1. The van der Waals surface area contributed by atoms with E-state index in [-0.39, 0.29) is 11.0 Å². The summed E-state index contributed by atoms with van der Waals surface area (Å²) in [5.74, 6) is 3.05. The van der Waals surface area contributed by atoms with Crippen molar-refractivity contribution < 1.29 is 14.6 Å². The molecule has 0 amide bonds. The SMILES string of the molecule is COc1cc2c([nH]c3c4c(c(C)cc32)OC(C)(C)C=C4)c([C@@]2(C)CC[C@@]3(C(C)C)C[C@H]32)c1O. The molecule has 0 unspecified atom stereocenters. The van der Waals surface area contributed by atoms with Crippen LogP contribution in [0.4, 0.5) is 0 Å². The van der Waals surface area contributed by atoms with Gasteiger partial charge in [-0.15, -0.1) is 0 Å². The average Bonchev–Trinajstić information content (AvgIpc) is 3.32. The van der Waals surface area contributed by atoms with Crippen molar-refractivity contribution >= 4 is 27.9 Å². The van der Waals surface area contributed by atoms with E-state index in [4.69, 9.17) is 9.47 Å². The molecule has 6 rings (SSSR count). The zero-order valence-electron chi connectivity index (χ0n) is 20.8. The van der Waals surface area contributed by atoms with Gasteiger partial charge in [-0.25, -0.2) is 0 Å². The number of fused-ring (bicyclic) bond motifs is 6. The predicted octanol–water partition coefficient (Wildman–Crippen LogP) is 7.24. The number of aromatic amines is 1. The Hall–Kier alpha value is -2.62. The Balaban J connectivity index is 1.66. The van der Waals surface area contributed by atoms with Crippen LogP contribution in [-0.4, -0.2) is 22.8 Å². The molecule has 1 aliphatic heterocycles. The third-order valence-corrected chi connectivity index (χ3v) is 9.26. The maximum absolute atomic E-state index is 11.5. The molecule has 2 fully saturated rings. The van der Waals surface area contributed by atoms with Crippen LogP contribution in [0, 0.1) is 24.2 Å². The molecule has 2 N–H and O–H groups in total. The average molecular weight is 446 g/mol. The van der Waals surface area contributed by atoms with E-state index in [0.29, 0.717) is 28.7 Å². The van der Waals surface area contributed by atoms with E-state index in [9.17, 15) is 5.11 Å². The summed E-state index contributed by atoms with van der Waals surface area (Å²) in [6.45, 7) is 13.4. The molecule has 33 heavy (non-hydrogen) atoms. The fourth-order valence-electron chi connectivity index (χ4n) is 7.22. The Labute approximate surface area is 196 Å². The number of ether oxygens (including phenoxy) is 2. The van der Waals surface area contributed by atoms with Crippen LogP contribution in [0.5, 0.6) is 17.2 Å². The maximum atomic E-state index is 11.5. The van der Waals surface area contributed by atoms with Gasteiger partial charge in [0.15, 0.2) is 11.5 Å². The molecule has 2 heterocycles. The number of aromatic nitrogens is 1. The van der Waals surface area contributed by atoms with Crippen molar-refractivity contribution in [3.05, 3.63) is 34.9 Å². The van der Waals surface area contributed by atoms with Crippen LogP contribution in [0.2, 0.25) is 0 Å². The summed E-state index contributed by atoms with van der Waals surface area (Å²) in [5, 5.41) is 13.7. The molecule has 2 aliphatic carbocycles. The summed E-state index contributed by atoms with van der Waals surface area (Å²) >= 11 is 0. The van der Waals surface area contributed by atoms with Crippen LogP contribution < -0.4 is 9.47 Å². The van der Waals surface area contributed by atoms with E-state index in [2.05, 4.69) is 64.7 Å². The van der Waals surface area contributed by atoms with E-state index in [1.54, 1.807) is 7.11 Å². The number of hydrogen-bond donors (Lipinski definition) is 2. The molecule has 0 saturated heterocycles. The lowest BCUT2D eigenvalue weighted by molar-refractivity contribution is 0.158.